The zero-order chi connectivity index (χ0) is 16.8. The van der Waals surface area contributed by atoms with Gasteiger partial charge < -0.3 is 10.1 Å². The third-order valence-electron chi connectivity index (χ3n) is 2.38. The van der Waals surface area contributed by atoms with Gasteiger partial charge in [0, 0.05) is 17.5 Å². The number of hydrogen-bond acceptors (Lipinski definition) is 6. The Morgan fingerprint density at radius 2 is 2.00 bits per heavy atom. The number of esters is 1. The van der Waals surface area contributed by atoms with Crippen LogP contribution in [0.1, 0.15) is 28.4 Å². The van der Waals surface area contributed by atoms with Gasteiger partial charge in [0.2, 0.25) is 10.0 Å². The zero-order valence-electron chi connectivity index (χ0n) is 12.7. The van der Waals surface area contributed by atoms with Crippen LogP contribution in [0.15, 0.2) is 12.1 Å². The van der Waals surface area contributed by atoms with Gasteiger partial charge in [-0.2, -0.15) is 0 Å². The van der Waals surface area contributed by atoms with E-state index >= 15 is 0 Å². The molecule has 0 unspecified atom stereocenters. The van der Waals surface area contributed by atoms with Crippen LogP contribution in [0.4, 0.5) is 0 Å². The average Bonchev–Trinajstić information content (AvgIpc) is 2.82. The van der Waals surface area contributed by atoms with Crippen molar-refractivity contribution in [2.24, 2.45) is 0 Å². The van der Waals surface area contributed by atoms with Gasteiger partial charge >= 0.3 is 5.97 Å². The summed E-state index contributed by atoms with van der Waals surface area (Å²) in [7, 11) is -3.21. The third kappa shape index (κ3) is 7.53. The molecule has 9 heteroatoms. The van der Waals surface area contributed by atoms with E-state index in [2.05, 4.69) is 10.0 Å². The molecule has 22 heavy (non-hydrogen) atoms. The molecule has 124 valence electrons. The standard InChI is InChI=1S/C13H20N2O5S2/c1-9(2)15-12(16)8-20-13(17)11-5-4-10(21-11)6-7-14-22(3,18)19/h4-5,9,14H,6-8H2,1-3H3,(H,15,16). The lowest BCUT2D eigenvalue weighted by Crippen LogP contribution is -2.33. The van der Waals surface area contributed by atoms with Crippen LogP contribution in [-0.4, -0.2) is 45.7 Å². The maximum atomic E-state index is 11.8. The summed E-state index contributed by atoms with van der Waals surface area (Å²) in [6.45, 7) is 3.58. The summed E-state index contributed by atoms with van der Waals surface area (Å²) in [6, 6.07) is 3.32. The Morgan fingerprint density at radius 3 is 2.59 bits per heavy atom. The van der Waals surface area contributed by atoms with Gasteiger partial charge in [-0.25, -0.2) is 17.9 Å². The molecule has 0 radical (unpaired) electrons. The Morgan fingerprint density at radius 1 is 1.32 bits per heavy atom. The van der Waals surface area contributed by atoms with Crippen LogP contribution in [-0.2, 0) is 26.0 Å². The monoisotopic (exact) mass is 348 g/mol. The molecule has 0 fully saturated rings. The maximum absolute atomic E-state index is 11.8. The van der Waals surface area contributed by atoms with E-state index in [-0.39, 0.29) is 25.1 Å². The van der Waals surface area contributed by atoms with E-state index < -0.39 is 16.0 Å². The van der Waals surface area contributed by atoms with Crippen molar-refractivity contribution >= 4 is 33.2 Å². The molecule has 1 rings (SSSR count). The lowest BCUT2D eigenvalue weighted by atomic mass is 10.3. The van der Waals surface area contributed by atoms with E-state index in [9.17, 15) is 18.0 Å². The average molecular weight is 348 g/mol. The summed E-state index contributed by atoms with van der Waals surface area (Å²) in [4.78, 5) is 24.4. The lowest BCUT2D eigenvalue weighted by molar-refractivity contribution is -0.124. The molecule has 0 saturated heterocycles. The quantitative estimate of drug-likeness (QED) is 0.667. The highest BCUT2D eigenvalue weighted by atomic mass is 32.2. The van der Waals surface area contributed by atoms with Crippen molar-refractivity contribution in [3.05, 3.63) is 21.9 Å². The summed E-state index contributed by atoms with van der Waals surface area (Å²) in [5.74, 6) is -0.913. The molecule has 1 aromatic heterocycles. The molecule has 0 aromatic carbocycles. The Kier molecular flexibility index (Phi) is 6.98. The van der Waals surface area contributed by atoms with Crippen LogP contribution >= 0.6 is 11.3 Å². The van der Waals surface area contributed by atoms with Crippen molar-refractivity contribution in [1.29, 1.82) is 0 Å². The molecule has 1 amide bonds. The largest absolute Gasteiger partial charge is 0.451 e. The lowest BCUT2D eigenvalue weighted by Gasteiger charge is -2.08. The molecule has 0 atom stereocenters. The molecule has 1 aromatic rings. The van der Waals surface area contributed by atoms with Gasteiger partial charge in [-0.15, -0.1) is 11.3 Å². The van der Waals surface area contributed by atoms with Crippen LogP contribution in [0.25, 0.3) is 0 Å². The first-order chi connectivity index (χ1) is 10.2. The highest BCUT2D eigenvalue weighted by molar-refractivity contribution is 7.88. The third-order valence-corrected chi connectivity index (χ3v) is 4.24. The van der Waals surface area contributed by atoms with E-state index in [0.717, 1.165) is 11.1 Å². The van der Waals surface area contributed by atoms with Gasteiger partial charge in [-0.3, -0.25) is 4.79 Å². The molecule has 7 nitrogen and oxygen atoms in total. The number of carbonyl (C=O) groups is 2. The minimum atomic E-state index is -3.21. The van der Waals surface area contributed by atoms with Crippen molar-refractivity contribution in [3.63, 3.8) is 0 Å². The second-order valence-corrected chi connectivity index (χ2v) is 7.98. The first kappa shape index (κ1) is 18.6. The Labute approximate surface area is 134 Å². The van der Waals surface area contributed by atoms with Gasteiger partial charge in [-0.05, 0) is 32.4 Å². The van der Waals surface area contributed by atoms with Gasteiger partial charge in [0.05, 0.1) is 6.26 Å². The van der Waals surface area contributed by atoms with E-state index in [1.807, 2.05) is 13.8 Å². The molecule has 0 aliphatic heterocycles. The van der Waals surface area contributed by atoms with Crippen LogP contribution in [0.2, 0.25) is 0 Å². The Hall–Kier alpha value is -1.45. The topological polar surface area (TPSA) is 102 Å². The SMILES string of the molecule is CC(C)NC(=O)COC(=O)c1ccc(CCNS(C)(=O)=O)s1. The minimum absolute atomic E-state index is 0.0121. The van der Waals surface area contributed by atoms with E-state index in [4.69, 9.17) is 4.74 Å². The number of thiophene rings is 1. The summed E-state index contributed by atoms with van der Waals surface area (Å²) in [5.41, 5.74) is 0. The van der Waals surface area contributed by atoms with E-state index in [1.165, 1.54) is 11.3 Å². The molecule has 2 N–H and O–H groups in total. The van der Waals surface area contributed by atoms with Gasteiger partial charge in [-0.1, -0.05) is 0 Å². The fraction of sp³-hybridized carbons (Fsp3) is 0.538. The second-order valence-electron chi connectivity index (χ2n) is 4.98. The predicted molar refractivity (Wildman–Crippen MR) is 84.4 cm³/mol. The highest BCUT2D eigenvalue weighted by Gasteiger charge is 2.13. The number of carbonyl (C=O) groups excluding carboxylic acids is 2. The van der Waals surface area contributed by atoms with Crippen molar-refractivity contribution in [3.8, 4) is 0 Å². The molecule has 0 aliphatic carbocycles. The van der Waals surface area contributed by atoms with Crippen molar-refractivity contribution in [2.75, 3.05) is 19.4 Å². The molecule has 1 heterocycles. The van der Waals surface area contributed by atoms with Gasteiger partial charge in [0.1, 0.15) is 4.88 Å². The first-order valence-electron chi connectivity index (χ1n) is 6.67. The van der Waals surface area contributed by atoms with Crippen molar-refractivity contribution < 1.29 is 22.7 Å². The number of hydrogen-bond donors (Lipinski definition) is 2. The summed E-state index contributed by atoms with van der Waals surface area (Å²) < 4.78 is 29.2. The smallest absolute Gasteiger partial charge is 0.348 e. The Balaban J connectivity index is 2.43. The highest BCUT2D eigenvalue weighted by Crippen LogP contribution is 2.17. The van der Waals surface area contributed by atoms with Gasteiger partial charge in [0.25, 0.3) is 5.91 Å². The predicted octanol–water partition coefficient (Wildman–Crippen LogP) is 0.521. The molecule has 0 bridgehead atoms. The molecule has 0 saturated carbocycles. The number of amides is 1. The fourth-order valence-electron chi connectivity index (χ4n) is 1.55. The number of nitrogens with one attached hydrogen (secondary N) is 2. The first-order valence-corrected chi connectivity index (χ1v) is 9.38. The van der Waals surface area contributed by atoms with Crippen molar-refractivity contribution in [1.82, 2.24) is 10.0 Å². The fourth-order valence-corrected chi connectivity index (χ4v) is 2.92. The summed E-state index contributed by atoms with van der Waals surface area (Å²) >= 11 is 1.22. The number of sulfonamides is 1. The van der Waals surface area contributed by atoms with E-state index in [0.29, 0.717) is 11.3 Å². The van der Waals surface area contributed by atoms with Gasteiger partial charge in [0.15, 0.2) is 6.61 Å². The second kappa shape index (κ2) is 8.25. The van der Waals surface area contributed by atoms with Crippen LogP contribution in [0.5, 0.6) is 0 Å². The molecular weight excluding hydrogens is 328 g/mol. The maximum Gasteiger partial charge on any atom is 0.348 e. The van der Waals surface area contributed by atoms with Crippen molar-refractivity contribution in [2.45, 2.75) is 26.3 Å². The minimum Gasteiger partial charge on any atom is -0.451 e. The van der Waals surface area contributed by atoms with Crippen LogP contribution in [0, 0.1) is 0 Å². The normalized spacial score (nSPS) is 11.5. The summed E-state index contributed by atoms with van der Waals surface area (Å²) in [5, 5.41) is 2.62. The van der Waals surface area contributed by atoms with Crippen LogP contribution in [0.3, 0.4) is 0 Å². The zero-order valence-corrected chi connectivity index (χ0v) is 14.3. The number of ether oxygens (including phenoxy) is 1. The molecule has 0 spiro atoms. The van der Waals surface area contributed by atoms with E-state index in [1.54, 1.807) is 12.1 Å². The molecular formula is C13H20N2O5S2. The summed E-state index contributed by atoms with van der Waals surface area (Å²) in [6.07, 6.45) is 1.57. The number of rotatable bonds is 8. The Bertz CT molecular complexity index is 622. The molecule has 0 aliphatic rings. The van der Waals surface area contributed by atoms with Crippen LogP contribution < -0.4 is 10.0 Å².